The van der Waals surface area contributed by atoms with Gasteiger partial charge in [-0.25, -0.2) is 0 Å². The molecule has 0 rings (SSSR count). The van der Waals surface area contributed by atoms with E-state index >= 15 is 0 Å². The molecule has 372 valence electrons. The van der Waals surface area contributed by atoms with Gasteiger partial charge in [-0.2, -0.15) is 0 Å². The van der Waals surface area contributed by atoms with Crippen LogP contribution < -0.4 is 5.32 Å². The number of amides is 1. The van der Waals surface area contributed by atoms with Gasteiger partial charge in [0.05, 0.1) is 25.4 Å². The highest BCUT2D eigenvalue weighted by atomic mass is 16.5. The fourth-order valence-electron chi connectivity index (χ4n) is 8.63. The molecule has 2 unspecified atom stereocenters. The van der Waals surface area contributed by atoms with E-state index in [4.69, 9.17) is 4.74 Å². The Morgan fingerprint density at radius 1 is 0.429 bits per heavy atom. The van der Waals surface area contributed by atoms with Gasteiger partial charge in [-0.15, -0.1) is 0 Å². The average Bonchev–Trinajstić information content (AvgIpc) is 3.28. The maximum atomic E-state index is 12.5. The SMILES string of the molecule is CCCCC/C=C\CCCCCCCC(=O)OCCCCCCCCCCCC(=O)NC(CO)C(O)/C=C/CCCCCCCCCCCCCCCCCCCCCCCCC. The van der Waals surface area contributed by atoms with Crippen LogP contribution in [0.4, 0.5) is 0 Å². The van der Waals surface area contributed by atoms with Crippen LogP contribution in [0.2, 0.25) is 0 Å². The summed E-state index contributed by atoms with van der Waals surface area (Å²) in [6.45, 7) is 4.83. The molecule has 0 bridgehead atoms. The zero-order valence-corrected chi connectivity index (χ0v) is 42.3. The summed E-state index contributed by atoms with van der Waals surface area (Å²) in [5.41, 5.74) is 0. The predicted octanol–water partition coefficient (Wildman–Crippen LogP) is 17.1. The van der Waals surface area contributed by atoms with Crippen molar-refractivity contribution in [3.8, 4) is 0 Å². The quantitative estimate of drug-likeness (QED) is 0.0321. The van der Waals surface area contributed by atoms with Gasteiger partial charge in [0.1, 0.15) is 0 Å². The van der Waals surface area contributed by atoms with Crippen molar-refractivity contribution in [2.45, 2.75) is 315 Å². The summed E-state index contributed by atoms with van der Waals surface area (Å²) >= 11 is 0. The number of hydrogen-bond donors (Lipinski definition) is 3. The van der Waals surface area contributed by atoms with Crippen molar-refractivity contribution in [3.05, 3.63) is 24.3 Å². The summed E-state index contributed by atoms with van der Waals surface area (Å²) in [5.74, 6) is -0.130. The molecule has 0 spiro atoms. The number of carbonyl (C=O) groups is 2. The predicted molar refractivity (Wildman–Crippen MR) is 273 cm³/mol. The Balaban J connectivity index is 3.51. The van der Waals surface area contributed by atoms with Crippen LogP contribution >= 0.6 is 0 Å². The lowest BCUT2D eigenvalue weighted by atomic mass is 10.0. The molecule has 0 saturated carbocycles. The molecule has 0 aliphatic heterocycles. The van der Waals surface area contributed by atoms with E-state index < -0.39 is 12.1 Å². The number of hydrogen-bond acceptors (Lipinski definition) is 5. The zero-order chi connectivity index (χ0) is 45.8. The maximum absolute atomic E-state index is 12.5. The molecule has 0 aliphatic rings. The minimum Gasteiger partial charge on any atom is -0.466 e. The van der Waals surface area contributed by atoms with Gasteiger partial charge in [-0.1, -0.05) is 256 Å². The number of carbonyl (C=O) groups excluding carboxylic acids is 2. The third kappa shape index (κ3) is 49.6. The number of rotatable bonds is 52. The number of allylic oxidation sites excluding steroid dienone is 3. The van der Waals surface area contributed by atoms with Crippen molar-refractivity contribution >= 4 is 11.9 Å². The van der Waals surface area contributed by atoms with E-state index in [-0.39, 0.29) is 18.5 Å². The first-order chi connectivity index (χ1) is 31.0. The van der Waals surface area contributed by atoms with Crippen molar-refractivity contribution in [3.63, 3.8) is 0 Å². The van der Waals surface area contributed by atoms with Crippen molar-refractivity contribution in [1.29, 1.82) is 0 Å². The Morgan fingerprint density at radius 3 is 1.16 bits per heavy atom. The lowest BCUT2D eigenvalue weighted by Gasteiger charge is -2.20. The number of aliphatic hydroxyl groups is 2. The number of esters is 1. The first-order valence-electron chi connectivity index (χ1n) is 28.1. The Labute approximate surface area is 392 Å². The van der Waals surface area contributed by atoms with Crippen molar-refractivity contribution in [1.82, 2.24) is 5.32 Å². The van der Waals surface area contributed by atoms with Crippen LogP contribution in [-0.4, -0.2) is 47.4 Å². The van der Waals surface area contributed by atoms with E-state index in [1.807, 2.05) is 6.08 Å². The molecular weight excluding hydrogens is 779 g/mol. The molecule has 0 aromatic carbocycles. The van der Waals surface area contributed by atoms with Crippen molar-refractivity contribution in [2.24, 2.45) is 0 Å². The van der Waals surface area contributed by atoms with E-state index in [1.54, 1.807) is 6.08 Å². The highest BCUT2D eigenvalue weighted by Crippen LogP contribution is 2.17. The van der Waals surface area contributed by atoms with Gasteiger partial charge in [-0.3, -0.25) is 9.59 Å². The van der Waals surface area contributed by atoms with Gasteiger partial charge in [-0.05, 0) is 57.8 Å². The summed E-state index contributed by atoms with van der Waals surface area (Å²) in [6, 6.07) is -0.649. The van der Waals surface area contributed by atoms with Crippen LogP contribution in [0.3, 0.4) is 0 Å². The summed E-state index contributed by atoms with van der Waals surface area (Å²) in [4.78, 5) is 24.5. The first-order valence-corrected chi connectivity index (χ1v) is 28.1. The molecule has 0 heterocycles. The first kappa shape index (κ1) is 61.3. The minimum atomic E-state index is -0.863. The molecule has 6 nitrogen and oxygen atoms in total. The highest BCUT2D eigenvalue weighted by Gasteiger charge is 2.18. The van der Waals surface area contributed by atoms with Crippen LogP contribution in [0.15, 0.2) is 24.3 Å². The number of unbranched alkanes of at least 4 members (excludes halogenated alkanes) is 39. The van der Waals surface area contributed by atoms with E-state index in [0.717, 1.165) is 57.8 Å². The Hall–Kier alpha value is -1.66. The standard InChI is InChI=1S/C57H109NO5/c1-3-5-7-9-11-13-15-17-18-19-20-21-22-23-24-25-26-27-28-29-30-33-37-41-45-49-55(60)54(53-59)58-56(61)50-46-42-38-34-32-36-40-44-48-52-63-57(62)51-47-43-39-35-31-16-14-12-10-8-6-4-2/h12,14,45,49,54-55,59-60H,3-11,13,15-44,46-48,50-53H2,1-2H3,(H,58,61)/b14-12-,49-45+. The molecule has 0 fully saturated rings. The normalized spacial score (nSPS) is 12.8. The molecular formula is C57H109NO5. The van der Waals surface area contributed by atoms with E-state index in [2.05, 4.69) is 31.3 Å². The topological polar surface area (TPSA) is 95.9 Å². The van der Waals surface area contributed by atoms with Crippen molar-refractivity contribution in [2.75, 3.05) is 13.2 Å². The van der Waals surface area contributed by atoms with Gasteiger partial charge in [0.15, 0.2) is 0 Å². The summed E-state index contributed by atoms with van der Waals surface area (Å²) in [7, 11) is 0. The Bertz CT molecular complexity index is 982. The van der Waals surface area contributed by atoms with Gasteiger partial charge < -0.3 is 20.3 Å². The minimum absolute atomic E-state index is 0.0367. The van der Waals surface area contributed by atoms with Crippen molar-refractivity contribution < 1.29 is 24.5 Å². The lowest BCUT2D eigenvalue weighted by molar-refractivity contribution is -0.143. The molecule has 2 atom stereocenters. The summed E-state index contributed by atoms with van der Waals surface area (Å²) in [5, 5.41) is 23.1. The Morgan fingerprint density at radius 2 is 0.746 bits per heavy atom. The van der Waals surface area contributed by atoms with Gasteiger partial charge in [0.25, 0.3) is 0 Å². The molecule has 0 aromatic rings. The lowest BCUT2D eigenvalue weighted by Crippen LogP contribution is -2.45. The number of nitrogens with one attached hydrogen (secondary N) is 1. The summed E-state index contributed by atoms with van der Waals surface area (Å²) < 4.78 is 5.44. The summed E-state index contributed by atoms with van der Waals surface area (Å²) in [6.07, 6.45) is 63.4. The number of aliphatic hydroxyl groups excluding tert-OH is 2. The monoisotopic (exact) mass is 888 g/mol. The third-order valence-electron chi connectivity index (χ3n) is 13.0. The second-order valence-corrected chi connectivity index (χ2v) is 19.3. The maximum Gasteiger partial charge on any atom is 0.305 e. The molecule has 0 saturated heterocycles. The highest BCUT2D eigenvalue weighted by molar-refractivity contribution is 5.76. The average molecular weight is 889 g/mol. The molecule has 0 aliphatic carbocycles. The van der Waals surface area contributed by atoms with Gasteiger partial charge in [0, 0.05) is 12.8 Å². The third-order valence-corrected chi connectivity index (χ3v) is 13.0. The van der Waals surface area contributed by atoms with Crippen LogP contribution in [0.5, 0.6) is 0 Å². The fraction of sp³-hybridized carbons (Fsp3) is 0.895. The van der Waals surface area contributed by atoms with E-state index in [0.29, 0.717) is 19.4 Å². The molecule has 0 radical (unpaired) electrons. The molecule has 63 heavy (non-hydrogen) atoms. The van der Waals surface area contributed by atoms with Gasteiger partial charge >= 0.3 is 5.97 Å². The molecule has 0 aromatic heterocycles. The van der Waals surface area contributed by atoms with Crippen LogP contribution in [0.25, 0.3) is 0 Å². The smallest absolute Gasteiger partial charge is 0.305 e. The molecule has 3 N–H and O–H groups in total. The number of ether oxygens (including phenoxy) is 1. The molecule has 1 amide bonds. The van der Waals surface area contributed by atoms with Crippen LogP contribution in [0.1, 0.15) is 303 Å². The zero-order valence-electron chi connectivity index (χ0n) is 42.3. The molecule has 6 heteroatoms. The largest absolute Gasteiger partial charge is 0.466 e. The van der Waals surface area contributed by atoms with Crippen LogP contribution in [0, 0.1) is 0 Å². The Kier molecular flexibility index (Phi) is 51.6. The fourth-order valence-corrected chi connectivity index (χ4v) is 8.63. The second-order valence-electron chi connectivity index (χ2n) is 19.3. The second kappa shape index (κ2) is 53.0. The van der Waals surface area contributed by atoms with Crippen LogP contribution in [-0.2, 0) is 14.3 Å². The van der Waals surface area contributed by atoms with E-state index in [1.165, 1.54) is 218 Å². The van der Waals surface area contributed by atoms with Gasteiger partial charge in [0.2, 0.25) is 5.91 Å². The van der Waals surface area contributed by atoms with E-state index in [9.17, 15) is 19.8 Å².